The van der Waals surface area contributed by atoms with E-state index < -0.39 is 8.32 Å². The summed E-state index contributed by atoms with van der Waals surface area (Å²) in [5.74, 6) is 0. The Morgan fingerprint density at radius 1 is 1.38 bits per heavy atom. The summed E-state index contributed by atoms with van der Waals surface area (Å²) in [5.41, 5.74) is 7.90. The van der Waals surface area contributed by atoms with E-state index in [1.54, 1.807) is 6.20 Å². The van der Waals surface area contributed by atoms with E-state index >= 15 is 0 Å². The van der Waals surface area contributed by atoms with Gasteiger partial charge in [0, 0.05) is 19.3 Å². The number of hydrogen-bond acceptors (Lipinski definition) is 4. The van der Waals surface area contributed by atoms with Gasteiger partial charge in [0.2, 0.25) is 0 Å². The molecule has 0 aliphatic carbocycles. The van der Waals surface area contributed by atoms with Gasteiger partial charge in [0.05, 0.1) is 23.7 Å². The fourth-order valence-corrected chi connectivity index (χ4v) is 3.91. The quantitative estimate of drug-likeness (QED) is 0.866. The molecule has 1 saturated heterocycles. The van der Waals surface area contributed by atoms with Crippen LogP contribution in [0.4, 0.5) is 11.4 Å². The lowest BCUT2D eigenvalue weighted by Gasteiger charge is -2.43. The van der Waals surface area contributed by atoms with E-state index in [1.165, 1.54) is 0 Å². The van der Waals surface area contributed by atoms with Crippen LogP contribution in [0, 0.1) is 0 Å². The monoisotopic (exact) mass is 307 g/mol. The first-order chi connectivity index (χ1) is 9.71. The smallest absolute Gasteiger partial charge is 0.192 e. The van der Waals surface area contributed by atoms with E-state index in [4.69, 9.17) is 10.2 Å². The zero-order valence-electron chi connectivity index (χ0n) is 14.0. The van der Waals surface area contributed by atoms with E-state index in [1.807, 2.05) is 12.3 Å². The van der Waals surface area contributed by atoms with E-state index in [0.717, 1.165) is 37.3 Å². The molecule has 0 radical (unpaired) electrons. The summed E-state index contributed by atoms with van der Waals surface area (Å²) < 4.78 is 6.58. The van der Waals surface area contributed by atoms with Crippen molar-refractivity contribution in [2.45, 2.75) is 57.8 Å². The normalized spacial score (nSPS) is 20.6. The summed E-state index contributed by atoms with van der Waals surface area (Å²) >= 11 is 0. The Hall–Kier alpha value is -1.07. The van der Waals surface area contributed by atoms with Crippen LogP contribution < -0.4 is 10.6 Å². The number of pyridine rings is 1. The third kappa shape index (κ3) is 3.77. The van der Waals surface area contributed by atoms with Crippen molar-refractivity contribution in [2.24, 2.45) is 0 Å². The minimum absolute atomic E-state index is 0.255. The van der Waals surface area contributed by atoms with Gasteiger partial charge in [-0.1, -0.05) is 20.8 Å². The first kappa shape index (κ1) is 16.3. The maximum absolute atomic E-state index is 6.58. The van der Waals surface area contributed by atoms with Gasteiger partial charge >= 0.3 is 0 Å². The first-order valence-corrected chi connectivity index (χ1v) is 10.7. The van der Waals surface area contributed by atoms with Crippen LogP contribution in [0.1, 0.15) is 33.6 Å². The third-order valence-electron chi connectivity index (χ3n) is 4.81. The molecule has 4 nitrogen and oxygen atoms in total. The lowest BCUT2D eigenvalue weighted by atomic mass is 10.1. The molecular weight excluding hydrogens is 278 g/mol. The number of anilines is 2. The van der Waals surface area contributed by atoms with Crippen LogP contribution in [0.25, 0.3) is 0 Å². The van der Waals surface area contributed by atoms with Crippen molar-refractivity contribution in [3.63, 3.8) is 0 Å². The highest BCUT2D eigenvalue weighted by Gasteiger charge is 2.40. The number of aromatic nitrogens is 1. The molecular formula is C16H29N3OSi. The van der Waals surface area contributed by atoms with Crippen LogP contribution in [0.3, 0.4) is 0 Å². The van der Waals surface area contributed by atoms with E-state index in [9.17, 15) is 0 Å². The lowest BCUT2D eigenvalue weighted by molar-refractivity contribution is 0.160. The van der Waals surface area contributed by atoms with E-state index in [-0.39, 0.29) is 5.04 Å². The van der Waals surface area contributed by atoms with Crippen molar-refractivity contribution in [1.82, 2.24) is 4.98 Å². The Balaban J connectivity index is 2.07. The second-order valence-electron chi connectivity index (χ2n) is 7.52. The number of piperidine rings is 1. The van der Waals surface area contributed by atoms with Gasteiger partial charge in [0.1, 0.15) is 0 Å². The molecule has 5 heteroatoms. The molecule has 0 bridgehead atoms. The molecule has 1 aromatic rings. The minimum atomic E-state index is -1.71. The van der Waals surface area contributed by atoms with Crippen LogP contribution >= 0.6 is 0 Å². The zero-order valence-corrected chi connectivity index (χ0v) is 15.0. The summed E-state index contributed by atoms with van der Waals surface area (Å²) in [4.78, 5) is 6.42. The summed E-state index contributed by atoms with van der Waals surface area (Å²) in [6.07, 6.45) is 6.15. The molecule has 0 spiro atoms. The third-order valence-corrected chi connectivity index (χ3v) is 9.35. The minimum Gasteiger partial charge on any atom is -0.412 e. The van der Waals surface area contributed by atoms with Crippen LogP contribution in [-0.4, -0.2) is 32.5 Å². The van der Waals surface area contributed by atoms with Gasteiger partial charge in [-0.3, -0.25) is 4.98 Å². The topological polar surface area (TPSA) is 51.4 Å². The Morgan fingerprint density at radius 3 is 2.71 bits per heavy atom. The Kier molecular flexibility index (Phi) is 4.63. The predicted molar refractivity (Wildman–Crippen MR) is 92.2 cm³/mol. The lowest BCUT2D eigenvalue weighted by Crippen LogP contribution is -2.49. The number of nitrogen functional groups attached to an aromatic ring is 1. The molecule has 1 aliphatic heterocycles. The summed E-state index contributed by atoms with van der Waals surface area (Å²) in [6.45, 7) is 13.5. The Labute approximate surface area is 129 Å². The maximum Gasteiger partial charge on any atom is 0.192 e. The molecule has 1 aliphatic rings. The molecule has 1 fully saturated rings. The number of nitrogens with zero attached hydrogens (tertiary/aromatic N) is 2. The number of rotatable bonds is 3. The summed E-state index contributed by atoms with van der Waals surface area (Å²) in [6, 6.07) is 2.00. The van der Waals surface area contributed by atoms with Gasteiger partial charge in [-0.25, -0.2) is 0 Å². The highest BCUT2D eigenvalue weighted by atomic mass is 28.4. The van der Waals surface area contributed by atoms with E-state index in [2.05, 4.69) is 43.7 Å². The SMILES string of the molecule is CC(C)(C)[Si](C)(C)OC1CCCN(c2ccncc2N)C1. The predicted octanol–water partition coefficient (Wildman–Crippen LogP) is 3.65. The molecule has 0 amide bonds. The first-order valence-electron chi connectivity index (χ1n) is 7.83. The summed E-state index contributed by atoms with van der Waals surface area (Å²) in [5, 5.41) is 0.255. The zero-order chi connectivity index (χ0) is 15.7. The molecule has 1 unspecified atom stereocenters. The molecule has 2 heterocycles. The van der Waals surface area contributed by atoms with Gasteiger partial charge < -0.3 is 15.1 Å². The van der Waals surface area contributed by atoms with Gasteiger partial charge in [-0.05, 0) is 37.0 Å². The molecule has 21 heavy (non-hydrogen) atoms. The van der Waals surface area contributed by atoms with Crippen molar-refractivity contribution < 1.29 is 4.43 Å². The molecule has 2 rings (SSSR count). The van der Waals surface area contributed by atoms with E-state index in [0.29, 0.717) is 6.10 Å². The second kappa shape index (κ2) is 5.97. The van der Waals surface area contributed by atoms with Gasteiger partial charge in [0.25, 0.3) is 0 Å². The second-order valence-corrected chi connectivity index (χ2v) is 12.3. The fraction of sp³-hybridized carbons (Fsp3) is 0.688. The van der Waals surface area contributed by atoms with Crippen molar-refractivity contribution >= 4 is 19.7 Å². The van der Waals surface area contributed by atoms with Crippen LogP contribution in [-0.2, 0) is 4.43 Å². The average Bonchev–Trinajstić information content (AvgIpc) is 2.37. The molecule has 1 aromatic heterocycles. The standard InChI is InChI=1S/C16H29N3OSi/c1-16(2,3)21(4,5)20-13-7-6-10-19(12-13)15-8-9-18-11-14(15)17/h8-9,11,13H,6-7,10,12,17H2,1-5H3. The molecule has 0 aromatic carbocycles. The Bertz CT molecular complexity index is 485. The van der Waals surface area contributed by atoms with Crippen molar-refractivity contribution in [3.8, 4) is 0 Å². The molecule has 1 atom stereocenters. The fourth-order valence-electron chi connectivity index (χ4n) is 2.53. The van der Waals surface area contributed by atoms with Gasteiger partial charge in [-0.2, -0.15) is 0 Å². The van der Waals surface area contributed by atoms with Crippen LogP contribution in [0.2, 0.25) is 18.1 Å². The largest absolute Gasteiger partial charge is 0.412 e. The number of nitrogens with two attached hydrogens (primary N) is 1. The maximum atomic E-state index is 6.58. The van der Waals surface area contributed by atoms with Crippen molar-refractivity contribution in [1.29, 1.82) is 0 Å². The van der Waals surface area contributed by atoms with Crippen LogP contribution in [0.5, 0.6) is 0 Å². The van der Waals surface area contributed by atoms with Gasteiger partial charge in [-0.15, -0.1) is 0 Å². The Morgan fingerprint density at radius 2 is 2.10 bits per heavy atom. The molecule has 2 N–H and O–H groups in total. The van der Waals surface area contributed by atoms with Crippen molar-refractivity contribution in [3.05, 3.63) is 18.5 Å². The highest BCUT2D eigenvalue weighted by Crippen LogP contribution is 2.38. The van der Waals surface area contributed by atoms with Gasteiger partial charge in [0.15, 0.2) is 8.32 Å². The average molecular weight is 308 g/mol. The van der Waals surface area contributed by atoms with Crippen LogP contribution in [0.15, 0.2) is 18.5 Å². The molecule has 0 saturated carbocycles. The summed E-state index contributed by atoms with van der Waals surface area (Å²) in [7, 11) is -1.71. The molecule has 118 valence electrons. The number of hydrogen-bond donors (Lipinski definition) is 1. The van der Waals surface area contributed by atoms with Crippen molar-refractivity contribution in [2.75, 3.05) is 23.7 Å². The highest BCUT2D eigenvalue weighted by molar-refractivity contribution is 6.74.